The van der Waals surface area contributed by atoms with Crippen molar-refractivity contribution in [3.05, 3.63) is 60.7 Å². The first-order valence-corrected chi connectivity index (χ1v) is 6.87. The molecule has 0 fully saturated rings. The summed E-state index contributed by atoms with van der Waals surface area (Å²) in [4.78, 5) is 8.30. The van der Waals surface area contributed by atoms with E-state index in [0.29, 0.717) is 0 Å². The number of hydrogen-bond donors (Lipinski definition) is 1. The molecule has 0 spiro atoms. The topological polar surface area (TPSA) is 60.6 Å². The Balaban J connectivity index is 1.66. The molecule has 2 aromatic heterocycles. The first kappa shape index (κ1) is 13.4. The second-order valence-electron chi connectivity index (χ2n) is 5.05. The Bertz CT molecular complexity index is 683. The van der Waals surface area contributed by atoms with Gasteiger partial charge in [-0.25, -0.2) is 14.6 Å². The third kappa shape index (κ3) is 3.10. The van der Waals surface area contributed by atoms with Gasteiger partial charge < -0.3 is 9.88 Å². The molecule has 6 heteroatoms. The largest absolute Gasteiger partial charge is 0.375 e. The highest BCUT2D eigenvalue weighted by Gasteiger charge is 2.09. The van der Waals surface area contributed by atoms with Crippen molar-refractivity contribution in [1.82, 2.24) is 24.3 Å². The first-order chi connectivity index (χ1) is 10.2. The minimum atomic E-state index is 0.158. The van der Waals surface area contributed by atoms with Crippen LogP contribution in [-0.4, -0.2) is 24.3 Å². The lowest BCUT2D eigenvalue weighted by atomic mass is 10.2. The second-order valence-corrected chi connectivity index (χ2v) is 5.05. The monoisotopic (exact) mass is 282 g/mol. The van der Waals surface area contributed by atoms with Gasteiger partial charge in [-0.05, 0) is 24.6 Å². The van der Waals surface area contributed by atoms with Crippen molar-refractivity contribution < 1.29 is 0 Å². The zero-order valence-corrected chi connectivity index (χ0v) is 12.1. The van der Waals surface area contributed by atoms with Crippen LogP contribution in [0.5, 0.6) is 0 Å². The average molecular weight is 282 g/mol. The molecular formula is C15H18N6. The average Bonchev–Trinajstić information content (AvgIpc) is 3.12. The van der Waals surface area contributed by atoms with Gasteiger partial charge in [-0.1, -0.05) is 12.1 Å². The van der Waals surface area contributed by atoms with Crippen LogP contribution >= 0.6 is 0 Å². The molecule has 1 aromatic carbocycles. The number of nitrogens with zero attached hydrogens (tertiary/aromatic N) is 5. The lowest BCUT2D eigenvalue weighted by Crippen LogP contribution is -2.11. The highest BCUT2D eigenvalue weighted by atomic mass is 15.3. The van der Waals surface area contributed by atoms with Crippen molar-refractivity contribution in [2.75, 3.05) is 5.32 Å². The fourth-order valence-corrected chi connectivity index (χ4v) is 2.32. The van der Waals surface area contributed by atoms with Crippen molar-refractivity contribution in [1.29, 1.82) is 0 Å². The lowest BCUT2D eigenvalue weighted by Gasteiger charge is -2.15. The van der Waals surface area contributed by atoms with Gasteiger partial charge in [-0.2, -0.15) is 5.10 Å². The maximum atomic E-state index is 4.36. The van der Waals surface area contributed by atoms with Crippen molar-refractivity contribution in [3.63, 3.8) is 0 Å². The molecule has 0 aliphatic carbocycles. The van der Waals surface area contributed by atoms with Gasteiger partial charge in [0.1, 0.15) is 18.5 Å². The normalized spacial score (nSPS) is 12.3. The molecule has 21 heavy (non-hydrogen) atoms. The summed E-state index contributed by atoms with van der Waals surface area (Å²) >= 11 is 0. The van der Waals surface area contributed by atoms with Gasteiger partial charge in [0.05, 0.1) is 12.6 Å². The van der Waals surface area contributed by atoms with Crippen LogP contribution in [0, 0.1) is 0 Å². The van der Waals surface area contributed by atoms with Gasteiger partial charge in [0.25, 0.3) is 0 Å². The molecule has 0 saturated heterocycles. The summed E-state index contributed by atoms with van der Waals surface area (Å²) in [7, 11) is 2.00. The SMILES string of the molecule is CC(Nc1ccc(Cn2cncn2)cc1)c1nccn1C. The van der Waals surface area contributed by atoms with Crippen LogP contribution in [0.1, 0.15) is 24.4 Å². The van der Waals surface area contributed by atoms with Gasteiger partial charge in [0, 0.05) is 25.1 Å². The van der Waals surface area contributed by atoms with E-state index in [4.69, 9.17) is 0 Å². The molecule has 1 N–H and O–H groups in total. The predicted molar refractivity (Wildman–Crippen MR) is 80.8 cm³/mol. The summed E-state index contributed by atoms with van der Waals surface area (Å²) < 4.78 is 3.83. The minimum absolute atomic E-state index is 0.158. The molecule has 0 aliphatic heterocycles. The molecule has 0 aliphatic rings. The molecule has 108 valence electrons. The van der Waals surface area contributed by atoms with Crippen LogP contribution in [0.15, 0.2) is 49.3 Å². The molecule has 2 heterocycles. The third-order valence-electron chi connectivity index (χ3n) is 3.39. The van der Waals surface area contributed by atoms with Gasteiger partial charge in [-0.3, -0.25) is 0 Å². The van der Waals surface area contributed by atoms with E-state index in [9.17, 15) is 0 Å². The number of anilines is 1. The number of aromatic nitrogens is 5. The summed E-state index contributed by atoms with van der Waals surface area (Å²) in [6.07, 6.45) is 7.03. The van der Waals surface area contributed by atoms with Crippen LogP contribution in [-0.2, 0) is 13.6 Å². The van der Waals surface area contributed by atoms with Gasteiger partial charge >= 0.3 is 0 Å². The highest BCUT2D eigenvalue weighted by molar-refractivity contribution is 5.45. The molecule has 6 nitrogen and oxygen atoms in total. The standard InChI is InChI=1S/C15H18N6/c1-12(15-17-7-8-20(15)2)19-14-5-3-13(4-6-14)9-21-11-16-10-18-21/h3-8,10-12,19H,9H2,1-2H3. The maximum absolute atomic E-state index is 4.36. The molecule has 0 bridgehead atoms. The van der Waals surface area contributed by atoms with E-state index in [1.807, 2.05) is 24.0 Å². The zero-order valence-electron chi connectivity index (χ0n) is 12.1. The number of nitrogens with one attached hydrogen (secondary N) is 1. The molecule has 3 aromatic rings. The summed E-state index contributed by atoms with van der Waals surface area (Å²) in [5.41, 5.74) is 2.27. The van der Waals surface area contributed by atoms with E-state index in [2.05, 4.69) is 51.6 Å². The van der Waals surface area contributed by atoms with E-state index < -0.39 is 0 Å². The summed E-state index contributed by atoms with van der Waals surface area (Å²) in [5.74, 6) is 1.02. The molecular weight excluding hydrogens is 264 g/mol. The Hall–Kier alpha value is -2.63. The smallest absolute Gasteiger partial charge is 0.137 e. The van der Waals surface area contributed by atoms with Crippen LogP contribution in [0.25, 0.3) is 0 Å². The van der Waals surface area contributed by atoms with E-state index >= 15 is 0 Å². The van der Waals surface area contributed by atoms with Crippen molar-refractivity contribution in [3.8, 4) is 0 Å². The Kier molecular flexibility index (Phi) is 3.68. The quantitative estimate of drug-likeness (QED) is 0.779. The molecule has 0 saturated carbocycles. The molecule has 0 radical (unpaired) electrons. The molecule has 1 atom stereocenters. The number of benzene rings is 1. The Morgan fingerprint density at radius 1 is 1.24 bits per heavy atom. The first-order valence-electron chi connectivity index (χ1n) is 6.87. The highest BCUT2D eigenvalue weighted by Crippen LogP contribution is 2.18. The maximum Gasteiger partial charge on any atom is 0.137 e. The summed E-state index contributed by atoms with van der Waals surface area (Å²) in [6, 6.07) is 8.49. The molecule has 1 unspecified atom stereocenters. The molecule has 0 amide bonds. The van der Waals surface area contributed by atoms with E-state index in [1.165, 1.54) is 5.56 Å². The van der Waals surface area contributed by atoms with Crippen molar-refractivity contribution in [2.45, 2.75) is 19.5 Å². The van der Waals surface area contributed by atoms with E-state index in [1.54, 1.807) is 17.3 Å². The zero-order chi connectivity index (χ0) is 14.7. The van der Waals surface area contributed by atoms with Crippen LogP contribution < -0.4 is 5.32 Å². The summed E-state index contributed by atoms with van der Waals surface area (Å²) in [5, 5.41) is 7.56. The summed E-state index contributed by atoms with van der Waals surface area (Å²) in [6.45, 7) is 2.83. The predicted octanol–water partition coefficient (Wildman–Crippen LogP) is 2.23. The van der Waals surface area contributed by atoms with Crippen LogP contribution in [0.2, 0.25) is 0 Å². The number of imidazole rings is 1. The Morgan fingerprint density at radius 3 is 2.67 bits per heavy atom. The Morgan fingerprint density at radius 2 is 2.05 bits per heavy atom. The fourth-order valence-electron chi connectivity index (χ4n) is 2.32. The Labute approximate surface area is 123 Å². The number of hydrogen-bond acceptors (Lipinski definition) is 4. The van der Waals surface area contributed by atoms with Crippen LogP contribution in [0.4, 0.5) is 5.69 Å². The van der Waals surface area contributed by atoms with E-state index in [0.717, 1.165) is 18.1 Å². The van der Waals surface area contributed by atoms with Crippen molar-refractivity contribution >= 4 is 5.69 Å². The van der Waals surface area contributed by atoms with Gasteiger partial charge in [0.15, 0.2) is 0 Å². The van der Waals surface area contributed by atoms with Gasteiger partial charge in [0.2, 0.25) is 0 Å². The van der Waals surface area contributed by atoms with Crippen LogP contribution in [0.3, 0.4) is 0 Å². The number of rotatable bonds is 5. The van der Waals surface area contributed by atoms with Crippen molar-refractivity contribution in [2.24, 2.45) is 7.05 Å². The number of aryl methyl sites for hydroxylation is 1. The van der Waals surface area contributed by atoms with Gasteiger partial charge in [-0.15, -0.1) is 0 Å². The fraction of sp³-hybridized carbons (Fsp3) is 0.267. The third-order valence-corrected chi connectivity index (χ3v) is 3.39. The minimum Gasteiger partial charge on any atom is -0.375 e. The van der Waals surface area contributed by atoms with E-state index in [-0.39, 0.29) is 6.04 Å². The second kappa shape index (κ2) is 5.78. The lowest BCUT2D eigenvalue weighted by molar-refractivity contribution is 0.684. The molecule has 3 rings (SSSR count).